The highest BCUT2D eigenvalue weighted by Crippen LogP contribution is 2.58. The Bertz CT molecular complexity index is 974. The van der Waals surface area contributed by atoms with E-state index in [0.717, 1.165) is 50.6 Å². The predicted octanol–water partition coefficient (Wildman–Crippen LogP) is 5.35. The van der Waals surface area contributed by atoms with Gasteiger partial charge in [-0.1, -0.05) is 76.1 Å². The molecule has 0 aromatic heterocycles. The fourth-order valence-electron chi connectivity index (χ4n) is 6.81. The topological polar surface area (TPSA) is 40.5 Å². The number of nitrogens with zero attached hydrogens (tertiary/aromatic N) is 1. The van der Waals surface area contributed by atoms with Gasteiger partial charge in [0.2, 0.25) is 5.91 Å². The first-order valence-electron chi connectivity index (χ1n) is 11.5. The molecular formula is C27H33NO2. The summed E-state index contributed by atoms with van der Waals surface area (Å²) in [5, 5.41) is 10.7. The molecule has 0 spiro atoms. The van der Waals surface area contributed by atoms with Crippen LogP contribution in [0, 0.1) is 5.41 Å². The molecular weight excluding hydrogens is 370 g/mol. The molecule has 1 saturated heterocycles. The lowest BCUT2D eigenvalue weighted by Crippen LogP contribution is -2.66. The van der Waals surface area contributed by atoms with E-state index < -0.39 is 0 Å². The van der Waals surface area contributed by atoms with Gasteiger partial charge in [-0.25, -0.2) is 0 Å². The first kappa shape index (κ1) is 19.7. The highest BCUT2D eigenvalue weighted by Gasteiger charge is 2.59. The van der Waals surface area contributed by atoms with Gasteiger partial charge in [0.15, 0.2) is 0 Å². The van der Waals surface area contributed by atoms with Crippen LogP contribution < -0.4 is 0 Å². The van der Waals surface area contributed by atoms with Crippen LogP contribution in [-0.4, -0.2) is 28.5 Å². The van der Waals surface area contributed by atoms with Gasteiger partial charge in [0, 0.05) is 18.0 Å². The second-order valence-corrected chi connectivity index (χ2v) is 10.5. The van der Waals surface area contributed by atoms with Gasteiger partial charge < -0.3 is 10.0 Å². The average Bonchev–Trinajstić information content (AvgIpc) is 3.23. The van der Waals surface area contributed by atoms with Crippen LogP contribution >= 0.6 is 0 Å². The van der Waals surface area contributed by atoms with Gasteiger partial charge in [-0.15, -0.1) is 0 Å². The van der Waals surface area contributed by atoms with Crippen molar-refractivity contribution in [3.05, 3.63) is 65.2 Å². The summed E-state index contributed by atoms with van der Waals surface area (Å²) in [6, 6.07) is 16.5. The maximum absolute atomic E-state index is 14.3. The van der Waals surface area contributed by atoms with Crippen LogP contribution in [0.15, 0.2) is 48.5 Å². The van der Waals surface area contributed by atoms with E-state index in [2.05, 4.69) is 56.0 Å². The molecule has 2 aliphatic carbocycles. The van der Waals surface area contributed by atoms with E-state index in [0.29, 0.717) is 11.7 Å². The molecule has 3 heteroatoms. The van der Waals surface area contributed by atoms with Crippen molar-refractivity contribution in [1.29, 1.82) is 0 Å². The fourth-order valence-corrected chi connectivity index (χ4v) is 6.81. The SMILES string of the molecule is CC1(C)[C@@H]2Cc3c(O)cccc3[C@]1(C)CCN2C(=O)C1(c2ccccc2)CCCC1. The van der Waals surface area contributed by atoms with E-state index in [1.54, 1.807) is 6.07 Å². The van der Waals surface area contributed by atoms with Crippen molar-refractivity contribution in [3.63, 3.8) is 0 Å². The van der Waals surface area contributed by atoms with E-state index in [9.17, 15) is 9.90 Å². The summed E-state index contributed by atoms with van der Waals surface area (Å²) in [6.45, 7) is 7.79. The van der Waals surface area contributed by atoms with Crippen molar-refractivity contribution in [1.82, 2.24) is 4.90 Å². The number of aromatic hydroxyl groups is 1. The second kappa shape index (κ2) is 6.60. The second-order valence-electron chi connectivity index (χ2n) is 10.5. The van der Waals surface area contributed by atoms with Crippen LogP contribution in [0.25, 0.3) is 0 Å². The summed E-state index contributed by atoms with van der Waals surface area (Å²) in [5.74, 6) is 0.692. The molecule has 0 unspecified atom stereocenters. The van der Waals surface area contributed by atoms with Crippen LogP contribution in [0.1, 0.15) is 69.6 Å². The number of piperidine rings is 1. The number of likely N-dealkylation sites (tertiary alicyclic amines) is 1. The third-order valence-corrected chi connectivity index (χ3v) is 9.08. The molecule has 0 radical (unpaired) electrons. The number of carbonyl (C=O) groups excluding carboxylic acids is 1. The largest absolute Gasteiger partial charge is 0.508 e. The maximum atomic E-state index is 14.3. The van der Waals surface area contributed by atoms with E-state index in [1.165, 1.54) is 11.1 Å². The van der Waals surface area contributed by atoms with Crippen molar-refractivity contribution in [2.24, 2.45) is 5.41 Å². The fraction of sp³-hybridized carbons (Fsp3) is 0.519. The zero-order chi connectivity index (χ0) is 21.1. The summed E-state index contributed by atoms with van der Waals surface area (Å²) >= 11 is 0. The van der Waals surface area contributed by atoms with Gasteiger partial charge in [0.1, 0.15) is 5.75 Å². The predicted molar refractivity (Wildman–Crippen MR) is 120 cm³/mol. The summed E-state index contributed by atoms with van der Waals surface area (Å²) in [4.78, 5) is 16.5. The Morgan fingerprint density at radius 2 is 1.67 bits per heavy atom. The van der Waals surface area contributed by atoms with Crippen molar-refractivity contribution in [2.75, 3.05) is 6.54 Å². The molecule has 30 heavy (non-hydrogen) atoms. The lowest BCUT2D eigenvalue weighted by Gasteiger charge is -2.61. The smallest absolute Gasteiger partial charge is 0.233 e. The van der Waals surface area contributed by atoms with Gasteiger partial charge in [-0.3, -0.25) is 4.79 Å². The highest BCUT2D eigenvalue weighted by molar-refractivity contribution is 5.89. The molecule has 2 atom stereocenters. The summed E-state index contributed by atoms with van der Waals surface area (Å²) in [6.07, 6.45) is 5.79. The molecule has 1 saturated carbocycles. The van der Waals surface area contributed by atoms with E-state index in [4.69, 9.17) is 0 Å². The molecule has 1 heterocycles. The standard InChI is InChI=1S/C27H33NO2/c1-25(2)23-18-20-21(12-9-13-22(20)29)26(25,3)16-17-28(23)24(30)27(14-7-8-15-27)19-10-5-4-6-11-19/h4-6,9-13,23,29H,7-8,14-18H2,1-3H3/t23-,26-/m0/s1. The normalized spacial score (nSPS) is 28.8. The van der Waals surface area contributed by atoms with Gasteiger partial charge in [-0.05, 0) is 53.9 Å². The Balaban J connectivity index is 1.59. The molecule has 2 fully saturated rings. The van der Waals surface area contributed by atoms with E-state index in [1.807, 2.05) is 12.1 Å². The Morgan fingerprint density at radius 3 is 2.37 bits per heavy atom. The van der Waals surface area contributed by atoms with Crippen molar-refractivity contribution >= 4 is 5.91 Å². The molecule has 5 rings (SSSR count). The highest BCUT2D eigenvalue weighted by atomic mass is 16.3. The van der Waals surface area contributed by atoms with Gasteiger partial charge in [0.05, 0.1) is 5.41 Å². The van der Waals surface area contributed by atoms with Crippen LogP contribution in [0.2, 0.25) is 0 Å². The van der Waals surface area contributed by atoms with Gasteiger partial charge in [-0.2, -0.15) is 0 Å². The zero-order valence-corrected chi connectivity index (χ0v) is 18.4. The number of phenolic OH excluding ortho intramolecular Hbond substituents is 1. The number of phenols is 1. The number of benzene rings is 2. The monoisotopic (exact) mass is 403 g/mol. The van der Waals surface area contributed by atoms with Crippen LogP contribution in [0.3, 0.4) is 0 Å². The van der Waals surface area contributed by atoms with Crippen LogP contribution in [0.4, 0.5) is 0 Å². The van der Waals surface area contributed by atoms with Crippen molar-refractivity contribution < 1.29 is 9.90 Å². The first-order valence-corrected chi connectivity index (χ1v) is 11.5. The van der Waals surface area contributed by atoms with Gasteiger partial charge >= 0.3 is 0 Å². The zero-order valence-electron chi connectivity index (χ0n) is 18.4. The van der Waals surface area contributed by atoms with Crippen molar-refractivity contribution in [2.45, 2.75) is 76.2 Å². The van der Waals surface area contributed by atoms with E-state index in [-0.39, 0.29) is 22.3 Å². The number of amides is 1. The quantitative estimate of drug-likeness (QED) is 0.735. The summed E-state index contributed by atoms with van der Waals surface area (Å²) in [5.41, 5.74) is 3.01. The van der Waals surface area contributed by atoms with Crippen LogP contribution in [0.5, 0.6) is 5.75 Å². The third-order valence-electron chi connectivity index (χ3n) is 9.08. The first-order chi connectivity index (χ1) is 14.3. The Morgan fingerprint density at radius 1 is 0.967 bits per heavy atom. The van der Waals surface area contributed by atoms with Crippen molar-refractivity contribution in [3.8, 4) is 5.75 Å². The molecule has 2 aromatic rings. The maximum Gasteiger partial charge on any atom is 0.233 e. The molecule has 3 nitrogen and oxygen atoms in total. The number of rotatable bonds is 2. The molecule has 1 aliphatic heterocycles. The van der Waals surface area contributed by atoms with Crippen LogP contribution in [-0.2, 0) is 22.0 Å². The molecule has 2 aromatic carbocycles. The average molecular weight is 404 g/mol. The summed E-state index contributed by atoms with van der Waals surface area (Å²) < 4.78 is 0. The van der Waals surface area contributed by atoms with E-state index >= 15 is 0 Å². The molecule has 3 aliphatic rings. The minimum atomic E-state index is -0.385. The lowest BCUT2D eigenvalue weighted by molar-refractivity contribution is -0.150. The Hall–Kier alpha value is -2.29. The third kappa shape index (κ3) is 2.47. The minimum absolute atomic E-state index is 0.0453. The lowest BCUT2D eigenvalue weighted by atomic mass is 9.50. The Kier molecular flexibility index (Phi) is 4.33. The number of hydrogen-bond acceptors (Lipinski definition) is 2. The molecule has 158 valence electrons. The Labute approximate surface area is 180 Å². The summed E-state index contributed by atoms with van der Waals surface area (Å²) in [7, 11) is 0. The minimum Gasteiger partial charge on any atom is -0.508 e. The number of hydrogen-bond donors (Lipinski definition) is 1. The number of carbonyl (C=O) groups is 1. The van der Waals surface area contributed by atoms with Gasteiger partial charge in [0.25, 0.3) is 0 Å². The molecule has 1 N–H and O–H groups in total. The number of fused-ring (bicyclic) bond motifs is 4. The molecule has 2 bridgehead atoms. The molecule has 1 amide bonds.